The molecule has 0 bridgehead atoms. The van der Waals surface area contributed by atoms with E-state index in [2.05, 4.69) is 22.3 Å². The molecular formula is C10H19N5. The van der Waals surface area contributed by atoms with Crippen molar-refractivity contribution in [2.45, 2.75) is 38.4 Å². The van der Waals surface area contributed by atoms with Gasteiger partial charge in [0.1, 0.15) is 0 Å². The lowest BCUT2D eigenvalue weighted by Gasteiger charge is -2.32. The van der Waals surface area contributed by atoms with E-state index < -0.39 is 0 Å². The monoisotopic (exact) mass is 209 g/mol. The van der Waals surface area contributed by atoms with Gasteiger partial charge < -0.3 is 10.6 Å². The summed E-state index contributed by atoms with van der Waals surface area (Å²) in [4.78, 5) is 2.41. The number of aromatic nitrogens is 3. The SMILES string of the molecule is CN1CCCCC1Cn1cc(CN)nn1. The van der Waals surface area contributed by atoms with Crippen molar-refractivity contribution in [1.82, 2.24) is 19.9 Å². The fourth-order valence-corrected chi connectivity index (χ4v) is 2.11. The molecule has 2 rings (SSSR count). The normalized spacial score (nSPS) is 23.2. The van der Waals surface area contributed by atoms with Crippen LogP contribution in [0.1, 0.15) is 25.0 Å². The molecule has 2 N–H and O–H groups in total. The van der Waals surface area contributed by atoms with Crippen molar-refractivity contribution in [2.24, 2.45) is 5.73 Å². The van der Waals surface area contributed by atoms with E-state index in [0.29, 0.717) is 12.6 Å². The van der Waals surface area contributed by atoms with Gasteiger partial charge in [0.2, 0.25) is 0 Å². The van der Waals surface area contributed by atoms with Gasteiger partial charge in [-0.2, -0.15) is 0 Å². The lowest BCUT2D eigenvalue weighted by molar-refractivity contribution is 0.162. The average molecular weight is 209 g/mol. The van der Waals surface area contributed by atoms with E-state index in [4.69, 9.17) is 5.73 Å². The molecule has 0 radical (unpaired) electrons. The quantitative estimate of drug-likeness (QED) is 0.773. The Balaban J connectivity index is 1.95. The molecule has 2 heterocycles. The Labute approximate surface area is 90.2 Å². The number of hydrogen-bond acceptors (Lipinski definition) is 4. The van der Waals surface area contributed by atoms with Gasteiger partial charge in [0, 0.05) is 18.8 Å². The topological polar surface area (TPSA) is 60.0 Å². The zero-order valence-corrected chi connectivity index (χ0v) is 9.26. The largest absolute Gasteiger partial charge is 0.325 e. The molecule has 84 valence electrons. The predicted octanol–water partition coefficient (Wildman–Crippen LogP) is 0.221. The molecule has 5 nitrogen and oxygen atoms in total. The van der Waals surface area contributed by atoms with Crippen LogP contribution in [0.4, 0.5) is 0 Å². The summed E-state index contributed by atoms with van der Waals surface area (Å²) in [5.41, 5.74) is 6.37. The summed E-state index contributed by atoms with van der Waals surface area (Å²) in [5.74, 6) is 0. The molecule has 1 unspecified atom stereocenters. The molecule has 1 fully saturated rings. The van der Waals surface area contributed by atoms with Crippen molar-refractivity contribution in [3.63, 3.8) is 0 Å². The second-order valence-electron chi connectivity index (χ2n) is 4.27. The predicted molar refractivity (Wildman–Crippen MR) is 58.2 cm³/mol. The third-order valence-corrected chi connectivity index (χ3v) is 3.11. The third kappa shape index (κ3) is 2.54. The molecule has 0 spiro atoms. The van der Waals surface area contributed by atoms with Crippen molar-refractivity contribution in [1.29, 1.82) is 0 Å². The standard InChI is InChI=1S/C10H19N5/c1-14-5-3-2-4-10(14)8-15-7-9(6-11)12-13-15/h7,10H,2-6,8,11H2,1H3. The van der Waals surface area contributed by atoms with E-state index >= 15 is 0 Å². The van der Waals surface area contributed by atoms with Crippen molar-refractivity contribution < 1.29 is 0 Å². The van der Waals surface area contributed by atoms with Gasteiger partial charge in [0.05, 0.1) is 12.2 Å². The minimum absolute atomic E-state index is 0.473. The number of nitrogens with two attached hydrogens (primary N) is 1. The first-order valence-corrected chi connectivity index (χ1v) is 5.59. The minimum atomic E-state index is 0.473. The van der Waals surface area contributed by atoms with Gasteiger partial charge in [0.25, 0.3) is 0 Å². The van der Waals surface area contributed by atoms with E-state index in [9.17, 15) is 0 Å². The number of nitrogens with zero attached hydrogens (tertiary/aromatic N) is 4. The van der Waals surface area contributed by atoms with E-state index in [1.165, 1.54) is 25.8 Å². The molecule has 0 aromatic carbocycles. The van der Waals surface area contributed by atoms with Crippen LogP contribution in [0.15, 0.2) is 6.20 Å². The maximum Gasteiger partial charge on any atom is 0.0962 e. The molecule has 1 aliphatic heterocycles. The Morgan fingerprint density at radius 2 is 2.40 bits per heavy atom. The molecule has 1 aromatic rings. The highest BCUT2D eigenvalue weighted by molar-refractivity contribution is 4.91. The van der Waals surface area contributed by atoms with Gasteiger partial charge in [-0.3, -0.25) is 4.68 Å². The lowest BCUT2D eigenvalue weighted by atomic mass is 10.0. The molecule has 5 heteroatoms. The molecule has 0 aliphatic carbocycles. The van der Waals surface area contributed by atoms with Gasteiger partial charge in [-0.05, 0) is 26.4 Å². The number of piperidine rings is 1. The van der Waals surface area contributed by atoms with Crippen molar-refractivity contribution >= 4 is 0 Å². The summed E-state index contributed by atoms with van der Waals surface area (Å²) >= 11 is 0. The summed E-state index contributed by atoms with van der Waals surface area (Å²) in [6.07, 6.45) is 5.85. The van der Waals surface area contributed by atoms with Gasteiger partial charge in [-0.1, -0.05) is 11.6 Å². The van der Waals surface area contributed by atoms with Crippen LogP contribution in [0.3, 0.4) is 0 Å². The van der Waals surface area contributed by atoms with E-state index in [0.717, 1.165) is 12.2 Å². The van der Waals surface area contributed by atoms with Crippen LogP contribution in [0.25, 0.3) is 0 Å². The Bertz CT molecular complexity index is 309. The van der Waals surface area contributed by atoms with Crippen molar-refractivity contribution in [2.75, 3.05) is 13.6 Å². The van der Waals surface area contributed by atoms with Crippen LogP contribution in [-0.4, -0.2) is 39.5 Å². The first-order chi connectivity index (χ1) is 7.29. The Morgan fingerprint density at radius 1 is 1.53 bits per heavy atom. The Morgan fingerprint density at radius 3 is 3.07 bits per heavy atom. The fourth-order valence-electron chi connectivity index (χ4n) is 2.11. The van der Waals surface area contributed by atoms with Crippen LogP contribution in [-0.2, 0) is 13.1 Å². The summed E-state index contributed by atoms with van der Waals surface area (Å²) in [6, 6.07) is 0.603. The van der Waals surface area contributed by atoms with Crippen LogP contribution in [0.5, 0.6) is 0 Å². The second-order valence-corrected chi connectivity index (χ2v) is 4.27. The highest BCUT2D eigenvalue weighted by atomic mass is 15.4. The lowest BCUT2D eigenvalue weighted by Crippen LogP contribution is -2.39. The second kappa shape index (κ2) is 4.72. The smallest absolute Gasteiger partial charge is 0.0962 e. The highest BCUT2D eigenvalue weighted by Crippen LogP contribution is 2.16. The maximum atomic E-state index is 5.50. The van der Waals surface area contributed by atoms with Gasteiger partial charge in [-0.25, -0.2) is 0 Å². The third-order valence-electron chi connectivity index (χ3n) is 3.11. The molecule has 1 atom stereocenters. The molecule has 0 amide bonds. The molecule has 0 saturated carbocycles. The molecule has 1 saturated heterocycles. The molecule has 15 heavy (non-hydrogen) atoms. The summed E-state index contributed by atoms with van der Waals surface area (Å²) in [7, 11) is 2.19. The van der Waals surface area contributed by atoms with Crippen LogP contribution in [0.2, 0.25) is 0 Å². The van der Waals surface area contributed by atoms with Crippen LogP contribution >= 0.6 is 0 Å². The first-order valence-electron chi connectivity index (χ1n) is 5.59. The number of rotatable bonds is 3. The highest BCUT2D eigenvalue weighted by Gasteiger charge is 2.19. The molecular weight excluding hydrogens is 190 g/mol. The summed E-state index contributed by atoms with van der Waals surface area (Å²) in [5, 5.41) is 8.07. The van der Waals surface area contributed by atoms with Gasteiger partial charge in [0.15, 0.2) is 0 Å². The van der Waals surface area contributed by atoms with Crippen LogP contribution in [0, 0.1) is 0 Å². The molecule has 1 aliphatic rings. The first kappa shape index (κ1) is 10.6. The van der Waals surface area contributed by atoms with E-state index in [1.807, 2.05) is 10.9 Å². The van der Waals surface area contributed by atoms with E-state index in [1.54, 1.807) is 0 Å². The number of hydrogen-bond donors (Lipinski definition) is 1. The number of likely N-dealkylation sites (tertiary alicyclic amines) is 1. The minimum Gasteiger partial charge on any atom is -0.325 e. The van der Waals surface area contributed by atoms with Gasteiger partial charge in [-0.15, -0.1) is 5.10 Å². The fraction of sp³-hybridized carbons (Fsp3) is 0.800. The Kier molecular flexibility index (Phi) is 3.33. The van der Waals surface area contributed by atoms with E-state index in [-0.39, 0.29) is 0 Å². The zero-order chi connectivity index (χ0) is 10.7. The summed E-state index contributed by atoms with van der Waals surface area (Å²) in [6.45, 7) is 2.60. The maximum absolute atomic E-state index is 5.50. The van der Waals surface area contributed by atoms with Crippen LogP contribution < -0.4 is 5.73 Å². The summed E-state index contributed by atoms with van der Waals surface area (Å²) < 4.78 is 1.91. The molecule has 1 aromatic heterocycles. The average Bonchev–Trinajstić information content (AvgIpc) is 2.69. The Hall–Kier alpha value is -0.940. The zero-order valence-electron chi connectivity index (χ0n) is 9.26. The van der Waals surface area contributed by atoms with Crippen molar-refractivity contribution in [3.05, 3.63) is 11.9 Å². The number of likely N-dealkylation sites (N-methyl/N-ethyl adjacent to an activating group) is 1. The van der Waals surface area contributed by atoms with Crippen molar-refractivity contribution in [3.8, 4) is 0 Å². The van der Waals surface area contributed by atoms with Gasteiger partial charge >= 0.3 is 0 Å².